The Morgan fingerprint density at radius 3 is 2.60 bits per heavy atom. The van der Waals surface area contributed by atoms with Gasteiger partial charge in [0.1, 0.15) is 12.0 Å². The van der Waals surface area contributed by atoms with Crippen LogP contribution in [0.5, 0.6) is 0 Å². The molecule has 1 aliphatic heterocycles. The lowest BCUT2D eigenvalue weighted by molar-refractivity contribution is -0.151. The molecule has 3 aliphatic rings. The van der Waals surface area contributed by atoms with Gasteiger partial charge in [-0.1, -0.05) is 13.0 Å². The highest BCUT2D eigenvalue weighted by atomic mass is 32.1. The highest BCUT2D eigenvalue weighted by Crippen LogP contribution is 2.46. The summed E-state index contributed by atoms with van der Waals surface area (Å²) in [6, 6.07) is 3.84. The van der Waals surface area contributed by atoms with Gasteiger partial charge < -0.3 is 14.8 Å². The van der Waals surface area contributed by atoms with Gasteiger partial charge in [-0.05, 0) is 56.4 Å². The second-order valence-corrected chi connectivity index (χ2v) is 9.34. The monoisotopic (exact) mass is 429 g/mol. The number of rotatable bonds is 4. The van der Waals surface area contributed by atoms with Crippen molar-refractivity contribution in [2.24, 2.45) is 11.8 Å². The van der Waals surface area contributed by atoms with Gasteiger partial charge in [0.15, 0.2) is 5.78 Å². The number of hydrogen-bond donors (Lipinski definition) is 1. The summed E-state index contributed by atoms with van der Waals surface area (Å²) in [6.07, 6.45) is 4.37. The molecule has 160 valence electrons. The van der Waals surface area contributed by atoms with Crippen molar-refractivity contribution < 1.29 is 23.9 Å². The standard InChI is InChI=1S/C23H27NO5S/c1-12-11-15-19(21(25)17(12)22(26)28-3)20(16-9-6-10-30-16)18(13(2)24-15)23(27)29-14-7-4-5-8-14/h6,9-10,12,14,17,20,24H,4-5,7-8,11H2,1-3H3/t12-,17+,20-/m1/s1. The molecule has 3 atom stereocenters. The summed E-state index contributed by atoms with van der Waals surface area (Å²) < 4.78 is 10.7. The Kier molecular flexibility index (Phi) is 5.82. The van der Waals surface area contributed by atoms with Crippen molar-refractivity contribution in [3.05, 3.63) is 44.9 Å². The third-order valence-corrected chi connectivity index (χ3v) is 7.30. The van der Waals surface area contributed by atoms with Gasteiger partial charge >= 0.3 is 11.9 Å². The Morgan fingerprint density at radius 1 is 1.23 bits per heavy atom. The molecule has 2 aliphatic carbocycles. The molecule has 1 fully saturated rings. The fourth-order valence-corrected chi connectivity index (χ4v) is 5.76. The molecule has 30 heavy (non-hydrogen) atoms. The number of hydrogen-bond acceptors (Lipinski definition) is 7. The van der Waals surface area contributed by atoms with Crippen molar-refractivity contribution in [1.29, 1.82) is 0 Å². The number of dihydropyridines is 1. The quantitative estimate of drug-likeness (QED) is 0.578. The van der Waals surface area contributed by atoms with Gasteiger partial charge in [-0.25, -0.2) is 4.79 Å². The average molecular weight is 430 g/mol. The van der Waals surface area contributed by atoms with Crippen LogP contribution in [0.2, 0.25) is 0 Å². The van der Waals surface area contributed by atoms with E-state index in [9.17, 15) is 14.4 Å². The van der Waals surface area contributed by atoms with Crippen LogP contribution < -0.4 is 5.32 Å². The van der Waals surface area contributed by atoms with Crippen LogP contribution >= 0.6 is 11.3 Å². The molecule has 0 unspecified atom stereocenters. The van der Waals surface area contributed by atoms with Crippen LogP contribution in [0.15, 0.2) is 40.1 Å². The van der Waals surface area contributed by atoms with E-state index < -0.39 is 17.8 Å². The summed E-state index contributed by atoms with van der Waals surface area (Å²) in [7, 11) is 1.30. The Labute approximate surface area is 180 Å². The molecule has 4 rings (SSSR count). The summed E-state index contributed by atoms with van der Waals surface area (Å²) >= 11 is 1.50. The molecule has 6 nitrogen and oxygen atoms in total. The lowest BCUT2D eigenvalue weighted by Crippen LogP contribution is -2.43. The first-order valence-corrected chi connectivity index (χ1v) is 11.4. The van der Waals surface area contributed by atoms with E-state index in [0.717, 1.165) is 36.3 Å². The van der Waals surface area contributed by atoms with E-state index in [0.29, 0.717) is 23.3 Å². The fraction of sp³-hybridized carbons (Fsp3) is 0.522. The van der Waals surface area contributed by atoms with Crippen LogP contribution in [0, 0.1) is 11.8 Å². The summed E-state index contributed by atoms with van der Waals surface area (Å²) in [4.78, 5) is 40.0. The first kappa shape index (κ1) is 20.8. The highest BCUT2D eigenvalue weighted by molar-refractivity contribution is 7.10. The maximum atomic E-state index is 13.5. The number of nitrogens with one attached hydrogen (secondary N) is 1. The number of allylic oxidation sites excluding steroid dienone is 3. The normalized spacial score (nSPS) is 27.0. The molecular weight excluding hydrogens is 402 g/mol. The minimum atomic E-state index is -0.858. The molecule has 0 spiro atoms. The van der Waals surface area contributed by atoms with Crippen molar-refractivity contribution in [3.63, 3.8) is 0 Å². The number of methoxy groups -OCH3 is 1. The van der Waals surface area contributed by atoms with Gasteiger partial charge in [-0.2, -0.15) is 0 Å². The second kappa shape index (κ2) is 8.38. The van der Waals surface area contributed by atoms with Gasteiger partial charge in [0.25, 0.3) is 0 Å². The number of carbonyl (C=O) groups is 3. The number of carbonyl (C=O) groups excluding carboxylic acids is 3. The van der Waals surface area contributed by atoms with E-state index in [1.54, 1.807) is 0 Å². The first-order chi connectivity index (χ1) is 14.4. The predicted molar refractivity (Wildman–Crippen MR) is 113 cm³/mol. The summed E-state index contributed by atoms with van der Waals surface area (Å²) in [5.74, 6) is -2.73. The third-order valence-electron chi connectivity index (χ3n) is 6.37. The maximum absolute atomic E-state index is 13.5. The Balaban J connectivity index is 1.76. The first-order valence-electron chi connectivity index (χ1n) is 10.5. The van der Waals surface area contributed by atoms with E-state index in [-0.39, 0.29) is 23.8 Å². The molecule has 2 heterocycles. The van der Waals surface area contributed by atoms with Gasteiger partial charge in [-0.15, -0.1) is 11.3 Å². The predicted octanol–water partition coefficient (Wildman–Crippen LogP) is 3.85. The van der Waals surface area contributed by atoms with Gasteiger partial charge in [-0.3, -0.25) is 9.59 Å². The van der Waals surface area contributed by atoms with E-state index in [1.165, 1.54) is 18.4 Å². The average Bonchev–Trinajstić information content (AvgIpc) is 3.40. The van der Waals surface area contributed by atoms with E-state index >= 15 is 0 Å². The zero-order chi connectivity index (χ0) is 21.4. The van der Waals surface area contributed by atoms with Crippen LogP contribution in [0.25, 0.3) is 0 Å². The van der Waals surface area contributed by atoms with Crippen LogP contribution in [0.3, 0.4) is 0 Å². The molecule has 0 radical (unpaired) electrons. The van der Waals surface area contributed by atoms with Gasteiger partial charge in [0.2, 0.25) is 0 Å². The number of esters is 2. The number of thiophene rings is 1. The van der Waals surface area contributed by atoms with Crippen molar-refractivity contribution >= 4 is 29.1 Å². The molecular formula is C23H27NO5S. The maximum Gasteiger partial charge on any atom is 0.337 e. The van der Waals surface area contributed by atoms with E-state index in [4.69, 9.17) is 9.47 Å². The number of Topliss-reactive ketones (excluding diaryl/α,β-unsaturated/α-hetero) is 1. The molecule has 1 N–H and O–H groups in total. The second-order valence-electron chi connectivity index (χ2n) is 8.36. The summed E-state index contributed by atoms with van der Waals surface area (Å²) in [5, 5.41) is 5.23. The lowest BCUT2D eigenvalue weighted by Gasteiger charge is -2.38. The van der Waals surface area contributed by atoms with Gasteiger partial charge in [0, 0.05) is 21.8 Å². The summed E-state index contributed by atoms with van der Waals surface area (Å²) in [6.45, 7) is 3.74. The Morgan fingerprint density at radius 2 is 1.97 bits per heavy atom. The lowest BCUT2D eigenvalue weighted by atomic mass is 9.70. The minimum absolute atomic E-state index is 0.0675. The van der Waals surface area contributed by atoms with Crippen molar-refractivity contribution in [3.8, 4) is 0 Å². The Bertz CT molecular complexity index is 923. The molecule has 0 amide bonds. The van der Waals surface area contributed by atoms with Crippen molar-refractivity contribution in [2.45, 2.75) is 58.0 Å². The van der Waals surface area contributed by atoms with Gasteiger partial charge in [0.05, 0.1) is 18.6 Å². The Hall–Kier alpha value is -2.41. The van der Waals surface area contributed by atoms with Crippen LogP contribution in [-0.2, 0) is 23.9 Å². The van der Waals surface area contributed by atoms with Crippen molar-refractivity contribution in [1.82, 2.24) is 5.32 Å². The molecule has 0 bridgehead atoms. The van der Waals surface area contributed by atoms with Crippen molar-refractivity contribution in [2.75, 3.05) is 7.11 Å². The fourth-order valence-electron chi connectivity index (χ4n) is 4.91. The SMILES string of the molecule is COC(=O)[C@@H]1C(=O)C2=C(C[C@H]1C)NC(C)=C(C(=O)OC1CCCC1)[C@H]2c1cccs1. The molecule has 0 aromatic carbocycles. The summed E-state index contributed by atoms with van der Waals surface area (Å²) in [5.41, 5.74) is 2.47. The molecule has 0 saturated heterocycles. The molecule has 1 aromatic heterocycles. The topological polar surface area (TPSA) is 81.7 Å². The van der Waals surface area contributed by atoms with Crippen LogP contribution in [-0.4, -0.2) is 30.9 Å². The van der Waals surface area contributed by atoms with Crippen LogP contribution in [0.4, 0.5) is 0 Å². The largest absolute Gasteiger partial charge is 0.468 e. The zero-order valence-corrected chi connectivity index (χ0v) is 18.3. The molecule has 1 saturated carbocycles. The van der Waals surface area contributed by atoms with Crippen LogP contribution in [0.1, 0.15) is 56.7 Å². The number of ketones is 1. The van der Waals surface area contributed by atoms with E-state index in [1.807, 2.05) is 31.4 Å². The molecule has 1 aromatic rings. The molecule has 7 heteroatoms. The smallest absolute Gasteiger partial charge is 0.337 e. The number of ether oxygens (including phenoxy) is 2. The highest BCUT2D eigenvalue weighted by Gasteiger charge is 2.47. The minimum Gasteiger partial charge on any atom is -0.468 e. The zero-order valence-electron chi connectivity index (χ0n) is 17.5. The van der Waals surface area contributed by atoms with E-state index in [2.05, 4.69) is 5.32 Å². The third kappa shape index (κ3) is 3.60.